The number of nitrogens with one attached hydrogen (secondary N) is 2. The first-order valence-corrected chi connectivity index (χ1v) is 12.8. The van der Waals surface area contributed by atoms with E-state index in [9.17, 15) is 19.2 Å². The van der Waals surface area contributed by atoms with Crippen LogP contribution in [0.2, 0.25) is 10.0 Å². The third kappa shape index (κ3) is 6.33. The van der Waals surface area contributed by atoms with Crippen LogP contribution in [-0.2, 0) is 29.2 Å². The van der Waals surface area contributed by atoms with Gasteiger partial charge in [0.2, 0.25) is 11.8 Å². The predicted octanol–water partition coefficient (Wildman–Crippen LogP) is 4.51. The van der Waals surface area contributed by atoms with Crippen molar-refractivity contribution in [2.75, 3.05) is 5.32 Å². The Morgan fingerprint density at radius 3 is 2.37 bits per heavy atom. The second kappa shape index (κ2) is 12.1. The van der Waals surface area contributed by atoms with Crippen molar-refractivity contribution in [1.82, 2.24) is 14.5 Å². The van der Waals surface area contributed by atoms with Gasteiger partial charge in [-0.25, -0.2) is 4.79 Å². The fourth-order valence-corrected chi connectivity index (χ4v) is 4.40. The van der Waals surface area contributed by atoms with Crippen molar-refractivity contribution < 1.29 is 9.59 Å². The number of para-hydroxylation sites is 1. The van der Waals surface area contributed by atoms with Crippen LogP contribution in [0, 0.1) is 6.92 Å². The molecule has 0 fully saturated rings. The van der Waals surface area contributed by atoms with Crippen molar-refractivity contribution in [2.24, 2.45) is 0 Å². The number of carbonyl (C=O) groups is 2. The number of carbonyl (C=O) groups excluding carboxylic acids is 2. The third-order valence-electron chi connectivity index (χ3n) is 6.06. The molecule has 196 valence electrons. The van der Waals surface area contributed by atoms with Gasteiger partial charge in [-0.1, -0.05) is 71.2 Å². The van der Waals surface area contributed by atoms with Gasteiger partial charge in [-0.15, -0.1) is 0 Å². The number of halogens is 2. The topological polar surface area (TPSA) is 102 Å². The highest BCUT2D eigenvalue weighted by Crippen LogP contribution is 2.29. The standard InChI is InChI=1S/C28H26Cl2N4O4/c1-18-11-13-19(14-12-18)16-31-24(35)10-5-15-33-27(37)20-6-2-3-9-23(20)34(28(33)38)17-25(36)32-22-8-4-7-21(29)26(22)30/h2-4,6-9,11-14H,5,10,15-17H2,1H3,(H,31,35)(H,32,36). The number of aryl methyl sites for hydroxylation is 1. The smallest absolute Gasteiger partial charge is 0.331 e. The van der Waals surface area contributed by atoms with Gasteiger partial charge in [0.25, 0.3) is 5.56 Å². The van der Waals surface area contributed by atoms with Crippen LogP contribution in [0.3, 0.4) is 0 Å². The predicted molar refractivity (Wildman–Crippen MR) is 150 cm³/mol. The lowest BCUT2D eigenvalue weighted by molar-refractivity contribution is -0.121. The maximum Gasteiger partial charge on any atom is 0.331 e. The summed E-state index contributed by atoms with van der Waals surface area (Å²) in [5.41, 5.74) is 1.65. The molecular weight excluding hydrogens is 527 g/mol. The zero-order valence-electron chi connectivity index (χ0n) is 20.7. The Labute approximate surface area is 228 Å². The summed E-state index contributed by atoms with van der Waals surface area (Å²) in [5, 5.41) is 6.27. The number of benzene rings is 3. The van der Waals surface area contributed by atoms with Crippen LogP contribution in [0.25, 0.3) is 10.9 Å². The first-order chi connectivity index (χ1) is 18.2. The van der Waals surface area contributed by atoms with Crippen LogP contribution in [0.5, 0.6) is 0 Å². The molecule has 8 nitrogen and oxygen atoms in total. The Morgan fingerprint density at radius 2 is 1.61 bits per heavy atom. The largest absolute Gasteiger partial charge is 0.352 e. The first-order valence-electron chi connectivity index (χ1n) is 12.0. The Morgan fingerprint density at radius 1 is 0.868 bits per heavy atom. The minimum absolute atomic E-state index is 0.0300. The van der Waals surface area contributed by atoms with Gasteiger partial charge in [0.1, 0.15) is 6.54 Å². The van der Waals surface area contributed by atoms with E-state index in [1.54, 1.807) is 42.5 Å². The van der Waals surface area contributed by atoms with Gasteiger partial charge in [-0.2, -0.15) is 0 Å². The maximum atomic E-state index is 13.3. The van der Waals surface area contributed by atoms with Gasteiger partial charge in [-0.05, 0) is 43.2 Å². The maximum absolute atomic E-state index is 13.3. The lowest BCUT2D eigenvalue weighted by Crippen LogP contribution is -2.42. The summed E-state index contributed by atoms with van der Waals surface area (Å²) in [4.78, 5) is 51.6. The SMILES string of the molecule is Cc1ccc(CNC(=O)CCCn2c(=O)c3ccccc3n(CC(=O)Nc3cccc(Cl)c3Cl)c2=O)cc1. The zero-order chi connectivity index (χ0) is 27.2. The number of hydrogen-bond acceptors (Lipinski definition) is 4. The van der Waals surface area contributed by atoms with E-state index in [1.165, 1.54) is 4.57 Å². The molecule has 0 aliphatic rings. The molecule has 0 aliphatic carbocycles. The molecule has 0 atom stereocenters. The molecule has 1 aromatic heterocycles. The monoisotopic (exact) mass is 552 g/mol. The van der Waals surface area contributed by atoms with Gasteiger partial charge in [0, 0.05) is 19.5 Å². The molecule has 0 saturated carbocycles. The van der Waals surface area contributed by atoms with Gasteiger partial charge in [0.15, 0.2) is 0 Å². The molecule has 0 unspecified atom stereocenters. The Hall–Kier alpha value is -3.88. The van der Waals surface area contributed by atoms with Crippen LogP contribution in [-0.4, -0.2) is 20.9 Å². The molecule has 4 rings (SSSR count). The van der Waals surface area contributed by atoms with E-state index in [-0.39, 0.29) is 41.9 Å². The number of aromatic nitrogens is 2. The molecule has 0 saturated heterocycles. The van der Waals surface area contributed by atoms with Crippen LogP contribution >= 0.6 is 23.2 Å². The average Bonchev–Trinajstić information content (AvgIpc) is 2.91. The highest BCUT2D eigenvalue weighted by Gasteiger charge is 2.16. The van der Waals surface area contributed by atoms with E-state index in [0.717, 1.165) is 15.7 Å². The lowest BCUT2D eigenvalue weighted by Gasteiger charge is -2.15. The third-order valence-corrected chi connectivity index (χ3v) is 6.87. The number of rotatable bonds is 9. The Balaban J connectivity index is 1.49. The number of hydrogen-bond donors (Lipinski definition) is 2. The summed E-state index contributed by atoms with van der Waals surface area (Å²) >= 11 is 12.2. The summed E-state index contributed by atoms with van der Waals surface area (Å²) in [5.74, 6) is -0.695. The van der Waals surface area contributed by atoms with Gasteiger partial charge >= 0.3 is 5.69 Å². The molecule has 2 N–H and O–H groups in total. The molecule has 4 aromatic rings. The summed E-state index contributed by atoms with van der Waals surface area (Å²) in [6.45, 7) is 2.07. The van der Waals surface area contributed by atoms with Crippen molar-refractivity contribution in [3.8, 4) is 0 Å². The van der Waals surface area contributed by atoms with E-state index in [1.807, 2.05) is 31.2 Å². The molecular formula is C28H26Cl2N4O4. The van der Waals surface area contributed by atoms with Crippen LogP contribution < -0.4 is 21.9 Å². The van der Waals surface area contributed by atoms with Crippen LogP contribution in [0.15, 0.2) is 76.3 Å². The van der Waals surface area contributed by atoms with Gasteiger partial charge in [0.05, 0.1) is 26.6 Å². The van der Waals surface area contributed by atoms with E-state index in [4.69, 9.17) is 23.2 Å². The number of fused-ring (bicyclic) bond motifs is 1. The van der Waals surface area contributed by atoms with Crippen LogP contribution in [0.1, 0.15) is 24.0 Å². The summed E-state index contributed by atoms with van der Waals surface area (Å²) < 4.78 is 2.30. The minimum Gasteiger partial charge on any atom is -0.352 e. The van der Waals surface area contributed by atoms with E-state index < -0.39 is 17.2 Å². The Kier molecular flexibility index (Phi) is 8.66. The van der Waals surface area contributed by atoms with E-state index in [0.29, 0.717) is 23.1 Å². The van der Waals surface area contributed by atoms with Crippen molar-refractivity contribution in [3.05, 3.63) is 109 Å². The highest BCUT2D eigenvalue weighted by molar-refractivity contribution is 6.44. The zero-order valence-corrected chi connectivity index (χ0v) is 22.2. The molecule has 10 heteroatoms. The van der Waals surface area contributed by atoms with E-state index >= 15 is 0 Å². The lowest BCUT2D eigenvalue weighted by atomic mass is 10.1. The average molecular weight is 553 g/mol. The summed E-state index contributed by atoms with van der Waals surface area (Å²) in [7, 11) is 0. The normalized spacial score (nSPS) is 10.9. The molecule has 1 heterocycles. The Bertz CT molecular complexity index is 1610. The van der Waals surface area contributed by atoms with Gasteiger partial charge in [-0.3, -0.25) is 23.5 Å². The molecule has 3 aromatic carbocycles. The van der Waals surface area contributed by atoms with Crippen molar-refractivity contribution in [1.29, 1.82) is 0 Å². The number of nitrogens with zero attached hydrogens (tertiary/aromatic N) is 2. The fourth-order valence-electron chi connectivity index (χ4n) is 4.05. The van der Waals surface area contributed by atoms with Gasteiger partial charge < -0.3 is 10.6 Å². The quantitative estimate of drug-likeness (QED) is 0.318. The van der Waals surface area contributed by atoms with Crippen LogP contribution in [0.4, 0.5) is 5.69 Å². The second-order valence-electron chi connectivity index (χ2n) is 8.86. The molecule has 38 heavy (non-hydrogen) atoms. The fraction of sp³-hybridized carbons (Fsp3) is 0.214. The molecule has 0 radical (unpaired) electrons. The van der Waals surface area contributed by atoms with Crippen molar-refractivity contribution >= 4 is 51.6 Å². The first kappa shape index (κ1) is 27.2. The molecule has 0 spiro atoms. The molecule has 2 amide bonds. The van der Waals surface area contributed by atoms with Crippen molar-refractivity contribution in [2.45, 2.75) is 39.4 Å². The number of anilines is 1. The molecule has 0 bridgehead atoms. The minimum atomic E-state index is -0.638. The molecule has 0 aliphatic heterocycles. The second-order valence-corrected chi connectivity index (χ2v) is 9.64. The summed E-state index contributed by atoms with van der Waals surface area (Å²) in [6, 6.07) is 19.3. The van der Waals surface area contributed by atoms with E-state index in [2.05, 4.69) is 10.6 Å². The number of amides is 2. The highest BCUT2D eigenvalue weighted by atomic mass is 35.5. The van der Waals surface area contributed by atoms with Crippen molar-refractivity contribution in [3.63, 3.8) is 0 Å². The summed E-state index contributed by atoms with van der Waals surface area (Å²) in [6.07, 6.45) is 0.413.